The van der Waals surface area contributed by atoms with Crippen LogP contribution in [0.5, 0.6) is 0 Å². The predicted octanol–water partition coefficient (Wildman–Crippen LogP) is 1.48. The molecule has 0 spiro atoms. The minimum absolute atomic E-state index is 0.0493. The Balaban J connectivity index is 2.89. The van der Waals surface area contributed by atoms with Gasteiger partial charge in [0, 0.05) is 19.2 Å². The summed E-state index contributed by atoms with van der Waals surface area (Å²) < 4.78 is 37.9. The Hall–Kier alpha value is -2.06. The first-order chi connectivity index (χ1) is 9.36. The molecule has 1 aromatic rings. The van der Waals surface area contributed by atoms with Crippen molar-refractivity contribution in [3.05, 3.63) is 11.9 Å². The number of amides is 1. The number of hydrogen-bond donors (Lipinski definition) is 3. The second kappa shape index (κ2) is 6.92. The molecule has 0 fully saturated rings. The molecule has 0 aliphatic rings. The van der Waals surface area contributed by atoms with Crippen LogP contribution in [0, 0.1) is 0 Å². The molecule has 1 heterocycles. The van der Waals surface area contributed by atoms with E-state index in [9.17, 15) is 18.0 Å². The fourth-order valence-corrected chi connectivity index (χ4v) is 1.37. The van der Waals surface area contributed by atoms with Gasteiger partial charge in [-0.1, -0.05) is 0 Å². The smallest absolute Gasteiger partial charge is 0.370 e. The number of carbonyl (C=O) groups excluding carboxylic acids is 1. The van der Waals surface area contributed by atoms with Crippen LogP contribution in [0.2, 0.25) is 0 Å². The van der Waals surface area contributed by atoms with E-state index in [2.05, 4.69) is 25.9 Å². The van der Waals surface area contributed by atoms with Crippen molar-refractivity contribution in [1.82, 2.24) is 15.3 Å². The maximum absolute atomic E-state index is 12.6. The first kappa shape index (κ1) is 16.0. The molecule has 3 N–H and O–H groups in total. The largest absolute Gasteiger partial charge is 0.451 e. The molecule has 0 unspecified atom stereocenters. The predicted molar refractivity (Wildman–Crippen MR) is 68.4 cm³/mol. The molecule has 112 valence electrons. The molecule has 20 heavy (non-hydrogen) atoms. The van der Waals surface area contributed by atoms with Crippen molar-refractivity contribution in [2.24, 2.45) is 0 Å². The van der Waals surface area contributed by atoms with Crippen LogP contribution in [0.15, 0.2) is 6.07 Å². The molecule has 0 saturated carbocycles. The average Bonchev–Trinajstić information content (AvgIpc) is 2.36. The Kier molecular flexibility index (Phi) is 5.53. The quantitative estimate of drug-likeness (QED) is 0.740. The molecular weight excluding hydrogens is 275 g/mol. The lowest BCUT2D eigenvalue weighted by Crippen LogP contribution is -2.30. The molecule has 0 aromatic carbocycles. The minimum atomic E-state index is -4.65. The van der Waals surface area contributed by atoms with E-state index in [1.54, 1.807) is 13.8 Å². The molecule has 0 aliphatic carbocycles. The minimum Gasteiger partial charge on any atom is -0.370 e. The first-order valence-electron chi connectivity index (χ1n) is 6.07. The Morgan fingerprint density at radius 3 is 2.25 bits per heavy atom. The molecule has 1 amide bonds. The Morgan fingerprint density at radius 2 is 1.75 bits per heavy atom. The van der Waals surface area contributed by atoms with Gasteiger partial charge in [-0.2, -0.15) is 13.2 Å². The number of rotatable bonds is 6. The van der Waals surface area contributed by atoms with Gasteiger partial charge in [0.2, 0.25) is 11.7 Å². The summed E-state index contributed by atoms with van der Waals surface area (Å²) in [4.78, 5) is 18.0. The van der Waals surface area contributed by atoms with Gasteiger partial charge in [0.25, 0.3) is 0 Å². The number of alkyl halides is 3. The van der Waals surface area contributed by atoms with Gasteiger partial charge in [0.1, 0.15) is 11.6 Å². The van der Waals surface area contributed by atoms with E-state index < -0.39 is 12.0 Å². The number of nitrogens with one attached hydrogen (secondary N) is 3. The van der Waals surface area contributed by atoms with Gasteiger partial charge in [-0.05, 0) is 13.8 Å². The van der Waals surface area contributed by atoms with Crippen molar-refractivity contribution in [3.8, 4) is 0 Å². The van der Waals surface area contributed by atoms with Crippen molar-refractivity contribution in [2.75, 3.05) is 30.3 Å². The van der Waals surface area contributed by atoms with E-state index in [0.29, 0.717) is 13.1 Å². The summed E-state index contributed by atoms with van der Waals surface area (Å²) in [7, 11) is 0. The maximum Gasteiger partial charge on any atom is 0.451 e. The molecular formula is C11H16F3N5O. The first-order valence-corrected chi connectivity index (χ1v) is 6.07. The lowest BCUT2D eigenvalue weighted by Gasteiger charge is -2.12. The molecule has 6 nitrogen and oxygen atoms in total. The second-order valence-electron chi connectivity index (χ2n) is 3.80. The Labute approximate surface area is 114 Å². The standard InChI is InChI=1S/C11H16F3N5O/c1-3-15-7-5-8(17-6-9(20)16-4-2)19-10(18-7)11(12,13)14/h5H,3-4,6H2,1-2H3,(H,16,20)(H2,15,17,18,19). The summed E-state index contributed by atoms with van der Waals surface area (Å²) in [5.74, 6) is -1.60. The third kappa shape index (κ3) is 4.90. The van der Waals surface area contributed by atoms with E-state index >= 15 is 0 Å². The number of halogens is 3. The van der Waals surface area contributed by atoms with E-state index in [1.807, 2.05) is 0 Å². The van der Waals surface area contributed by atoms with Gasteiger partial charge >= 0.3 is 6.18 Å². The third-order valence-electron chi connectivity index (χ3n) is 2.14. The zero-order chi connectivity index (χ0) is 15.2. The highest BCUT2D eigenvalue weighted by Crippen LogP contribution is 2.28. The number of anilines is 2. The van der Waals surface area contributed by atoms with Gasteiger partial charge < -0.3 is 16.0 Å². The van der Waals surface area contributed by atoms with Crippen LogP contribution >= 0.6 is 0 Å². The van der Waals surface area contributed by atoms with Gasteiger partial charge in [0.15, 0.2) is 0 Å². The maximum atomic E-state index is 12.6. The van der Waals surface area contributed by atoms with E-state index in [0.717, 1.165) is 0 Å². The van der Waals surface area contributed by atoms with Crippen LogP contribution in [0.1, 0.15) is 19.7 Å². The van der Waals surface area contributed by atoms with Crippen LogP contribution in [0.3, 0.4) is 0 Å². The lowest BCUT2D eigenvalue weighted by atomic mass is 10.4. The van der Waals surface area contributed by atoms with Gasteiger partial charge in [-0.15, -0.1) is 0 Å². The second-order valence-corrected chi connectivity index (χ2v) is 3.80. The van der Waals surface area contributed by atoms with Gasteiger partial charge in [-0.3, -0.25) is 4.79 Å². The van der Waals surface area contributed by atoms with Crippen LogP contribution in [-0.4, -0.2) is 35.5 Å². The third-order valence-corrected chi connectivity index (χ3v) is 2.14. The van der Waals surface area contributed by atoms with Crippen molar-refractivity contribution in [1.29, 1.82) is 0 Å². The summed E-state index contributed by atoms with van der Waals surface area (Å²) in [6, 6.07) is 1.32. The fourth-order valence-electron chi connectivity index (χ4n) is 1.37. The summed E-state index contributed by atoms with van der Waals surface area (Å²) >= 11 is 0. The zero-order valence-corrected chi connectivity index (χ0v) is 11.1. The molecule has 0 bridgehead atoms. The summed E-state index contributed by atoms with van der Waals surface area (Å²) in [6.45, 7) is 4.18. The fraction of sp³-hybridized carbons (Fsp3) is 0.545. The van der Waals surface area contributed by atoms with Gasteiger partial charge in [-0.25, -0.2) is 9.97 Å². The van der Waals surface area contributed by atoms with Crippen LogP contribution in [-0.2, 0) is 11.0 Å². The van der Waals surface area contributed by atoms with Crippen molar-refractivity contribution >= 4 is 17.5 Å². The Bertz CT molecular complexity index is 464. The highest BCUT2D eigenvalue weighted by molar-refractivity contribution is 5.80. The average molecular weight is 291 g/mol. The molecule has 1 rings (SSSR count). The summed E-state index contributed by atoms with van der Waals surface area (Å²) in [6.07, 6.45) is -4.65. The van der Waals surface area contributed by atoms with Crippen molar-refractivity contribution in [3.63, 3.8) is 0 Å². The molecule has 0 aliphatic heterocycles. The topological polar surface area (TPSA) is 78.9 Å². The zero-order valence-electron chi connectivity index (χ0n) is 11.1. The monoisotopic (exact) mass is 291 g/mol. The number of hydrogen-bond acceptors (Lipinski definition) is 5. The SMILES string of the molecule is CCNC(=O)CNc1cc(NCC)nc(C(F)(F)F)n1. The number of aromatic nitrogens is 2. The van der Waals surface area contributed by atoms with Crippen LogP contribution < -0.4 is 16.0 Å². The lowest BCUT2D eigenvalue weighted by molar-refractivity contribution is -0.144. The highest BCUT2D eigenvalue weighted by atomic mass is 19.4. The van der Waals surface area contributed by atoms with Crippen molar-refractivity contribution in [2.45, 2.75) is 20.0 Å². The van der Waals surface area contributed by atoms with E-state index in [4.69, 9.17) is 0 Å². The van der Waals surface area contributed by atoms with E-state index in [-0.39, 0.29) is 24.1 Å². The van der Waals surface area contributed by atoms with Gasteiger partial charge in [0.05, 0.1) is 6.54 Å². The normalized spacial score (nSPS) is 11.1. The molecule has 9 heteroatoms. The van der Waals surface area contributed by atoms with E-state index in [1.165, 1.54) is 6.07 Å². The molecule has 1 aromatic heterocycles. The molecule has 0 saturated heterocycles. The van der Waals surface area contributed by atoms with Crippen LogP contribution in [0.4, 0.5) is 24.8 Å². The summed E-state index contributed by atoms with van der Waals surface area (Å²) in [5.41, 5.74) is 0. The number of carbonyl (C=O) groups is 1. The van der Waals surface area contributed by atoms with Crippen LogP contribution in [0.25, 0.3) is 0 Å². The highest BCUT2D eigenvalue weighted by Gasteiger charge is 2.35. The Morgan fingerprint density at radius 1 is 1.15 bits per heavy atom. The molecule has 0 atom stereocenters. The number of nitrogens with zero attached hydrogens (tertiary/aromatic N) is 2. The number of likely N-dealkylation sites (N-methyl/N-ethyl adjacent to an activating group) is 1. The van der Waals surface area contributed by atoms with Crippen molar-refractivity contribution < 1.29 is 18.0 Å². The summed E-state index contributed by atoms with van der Waals surface area (Å²) in [5, 5.41) is 7.74. The molecule has 0 radical (unpaired) electrons.